The Hall–Kier alpha value is -2.20. The van der Waals surface area contributed by atoms with Crippen molar-refractivity contribution >= 4 is 32.5 Å². The summed E-state index contributed by atoms with van der Waals surface area (Å²) in [4.78, 5) is 6.26. The summed E-state index contributed by atoms with van der Waals surface area (Å²) >= 11 is 5.91. The fraction of sp³-hybridized carbons (Fsp3) is 0.286. The summed E-state index contributed by atoms with van der Waals surface area (Å²) in [7, 11) is -3.99. The van der Waals surface area contributed by atoms with Gasteiger partial charge in [0.15, 0.2) is 0 Å². The van der Waals surface area contributed by atoms with Gasteiger partial charge in [-0.1, -0.05) is 35.9 Å². The average molecular weight is 470 g/mol. The van der Waals surface area contributed by atoms with Crippen LogP contribution in [-0.2, 0) is 22.7 Å². The molecule has 1 saturated heterocycles. The lowest BCUT2D eigenvalue weighted by Gasteiger charge is -2.34. The minimum Gasteiger partial charge on any atom is -0.296 e. The molecule has 1 aliphatic rings. The monoisotopic (exact) mass is 469 g/mol. The molecule has 1 aliphatic heterocycles. The van der Waals surface area contributed by atoms with Crippen LogP contribution in [0.2, 0.25) is 5.02 Å². The molecule has 164 valence electrons. The SMILES string of the molecule is O=S(=O)(c1ccc(C(F)(F)F)cc1Cl)N1CCN(Cc2cccc3cccnc23)CC1. The maximum atomic E-state index is 12.9. The Kier molecular flexibility index (Phi) is 5.95. The molecule has 3 aromatic rings. The highest BCUT2D eigenvalue weighted by Crippen LogP contribution is 2.34. The summed E-state index contributed by atoms with van der Waals surface area (Å²) in [6.07, 6.45) is -2.85. The minimum absolute atomic E-state index is 0.220. The second kappa shape index (κ2) is 8.38. The highest BCUT2D eigenvalue weighted by atomic mass is 35.5. The molecule has 5 nitrogen and oxygen atoms in total. The zero-order valence-electron chi connectivity index (χ0n) is 16.3. The number of aromatic nitrogens is 1. The van der Waals surface area contributed by atoms with Crippen molar-refractivity contribution in [2.24, 2.45) is 0 Å². The van der Waals surface area contributed by atoms with Crippen molar-refractivity contribution in [2.75, 3.05) is 26.2 Å². The van der Waals surface area contributed by atoms with Crippen molar-refractivity contribution in [3.05, 3.63) is 70.9 Å². The summed E-state index contributed by atoms with van der Waals surface area (Å²) in [6.45, 7) is 2.04. The maximum Gasteiger partial charge on any atom is 0.416 e. The molecule has 0 saturated carbocycles. The molecule has 0 unspecified atom stereocenters. The normalized spacial score (nSPS) is 16.6. The summed E-state index contributed by atoms with van der Waals surface area (Å²) in [5, 5.41) is 0.609. The van der Waals surface area contributed by atoms with Crippen molar-refractivity contribution in [3.8, 4) is 0 Å². The highest BCUT2D eigenvalue weighted by Gasteiger charge is 2.34. The minimum atomic E-state index is -4.59. The van der Waals surface area contributed by atoms with Gasteiger partial charge in [0.25, 0.3) is 0 Å². The van der Waals surface area contributed by atoms with E-state index < -0.39 is 26.8 Å². The van der Waals surface area contributed by atoms with Crippen LogP contribution < -0.4 is 0 Å². The van der Waals surface area contributed by atoms with Crippen LogP contribution in [0.15, 0.2) is 59.6 Å². The number of fused-ring (bicyclic) bond motifs is 1. The van der Waals surface area contributed by atoms with E-state index >= 15 is 0 Å². The van der Waals surface area contributed by atoms with E-state index in [9.17, 15) is 21.6 Å². The zero-order valence-corrected chi connectivity index (χ0v) is 17.9. The number of halogens is 4. The number of rotatable bonds is 4. The Balaban J connectivity index is 1.47. The first-order valence-electron chi connectivity index (χ1n) is 9.58. The number of pyridine rings is 1. The Labute approximate surface area is 183 Å². The zero-order chi connectivity index (χ0) is 22.2. The topological polar surface area (TPSA) is 53.5 Å². The predicted octanol–water partition coefficient (Wildman–Crippen LogP) is 4.41. The van der Waals surface area contributed by atoms with Crippen LogP contribution >= 0.6 is 11.6 Å². The molecular weight excluding hydrogens is 451 g/mol. The molecule has 1 fully saturated rings. The van der Waals surface area contributed by atoms with Crippen LogP contribution in [0.25, 0.3) is 10.9 Å². The summed E-state index contributed by atoms with van der Waals surface area (Å²) < 4.78 is 65.7. The molecule has 0 bridgehead atoms. The van der Waals surface area contributed by atoms with Crippen molar-refractivity contribution in [1.29, 1.82) is 0 Å². The molecule has 0 amide bonds. The van der Waals surface area contributed by atoms with Crippen molar-refractivity contribution in [2.45, 2.75) is 17.6 Å². The lowest BCUT2D eigenvalue weighted by molar-refractivity contribution is -0.137. The molecule has 0 radical (unpaired) electrons. The number of hydrogen-bond acceptors (Lipinski definition) is 4. The van der Waals surface area contributed by atoms with Crippen LogP contribution in [0, 0.1) is 0 Å². The Morgan fingerprint density at radius 2 is 1.71 bits per heavy atom. The Morgan fingerprint density at radius 1 is 1.00 bits per heavy atom. The van der Waals surface area contributed by atoms with E-state index in [0.29, 0.717) is 25.7 Å². The van der Waals surface area contributed by atoms with E-state index in [4.69, 9.17) is 11.6 Å². The third kappa shape index (κ3) is 4.55. The molecule has 4 rings (SSSR count). The third-order valence-electron chi connectivity index (χ3n) is 5.32. The van der Waals surface area contributed by atoms with Gasteiger partial charge in [0.2, 0.25) is 10.0 Å². The van der Waals surface area contributed by atoms with Crippen molar-refractivity contribution in [3.63, 3.8) is 0 Å². The molecule has 10 heteroatoms. The molecule has 2 heterocycles. The van der Waals surface area contributed by atoms with Crippen LogP contribution in [0.3, 0.4) is 0 Å². The van der Waals surface area contributed by atoms with Gasteiger partial charge in [-0.25, -0.2) is 8.42 Å². The molecular formula is C21H19ClF3N3O2S. The Morgan fingerprint density at radius 3 is 2.39 bits per heavy atom. The number of nitrogens with zero attached hydrogens (tertiary/aromatic N) is 3. The van der Waals surface area contributed by atoms with Crippen molar-refractivity contribution < 1.29 is 21.6 Å². The van der Waals surface area contributed by atoms with E-state index in [-0.39, 0.29) is 18.0 Å². The van der Waals surface area contributed by atoms with E-state index in [1.54, 1.807) is 6.20 Å². The van der Waals surface area contributed by atoms with Gasteiger partial charge in [-0.05, 0) is 29.8 Å². The van der Waals surface area contributed by atoms with E-state index in [0.717, 1.165) is 28.6 Å². The van der Waals surface area contributed by atoms with E-state index in [2.05, 4.69) is 9.88 Å². The smallest absolute Gasteiger partial charge is 0.296 e. The largest absolute Gasteiger partial charge is 0.416 e. The number of piperazine rings is 1. The fourth-order valence-corrected chi connectivity index (χ4v) is 5.63. The number of hydrogen-bond donors (Lipinski definition) is 0. The van der Waals surface area contributed by atoms with Crippen LogP contribution in [0.1, 0.15) is 11.1 Å². The predicted molar refractivity (Wildman–Crippen MR) is 112 cm³/mol. The fourth-order valence-electron chi connectivity index (χ4n) is 3.69. The lowest BCUT2D eigenvalue weighted by Crippen LogP contribution is -2.48. The van der Waals surface area contributed by atoms with E-state index in [1.807, 2.05) is 30.3 Å². The lowest BCUT2D eigenvalue weighted by atomic mass is 10.1. The van der Waals surface area contributed by atoms with Gasteiger partial charge >= 0.3 is 6.18 Å². The molecule has 0 spiro atoms. The van der Waals surface area contributed by atoms with E-state index in [1.165, 1.54) is 4.31 Å². The van der Waals surface area contributed by atoms with Gasteiger partial charge in [-0.3, -0.25) is 9.88 Å². The quantitative estimate of drug-likeness (QED) is 0.568. The van der Waals surface area contributed by atoms with Gasteiger partial charge < -0.3 is 0 Å². The average Bonchev–Trinajstić information content (AvgIpc) is 2.73. The number of alkyl halides is 3. The third-order valence-corrected chi connectivity index (χ3v) is 7.70. The molecule has 1 aromatic heterocycles. The summed E-state index contributed by atoms with van der Waals surface area (Å²) in [6, 6.07) is 12.1. The van der Waals surface area contributed by atoms with Crippen LogP contribution in [0.4, 0.5) is 13.2 Å². The number of para-hydroxylation sites is 1. The summed E-state index contributed by atoms with van der Waals surface area (Å²) in [5.41, 5.74) is 0.988. The first-order chi connectivity index (χ1) is 14.7. The second-order valence-corrected chi connectivity index (χ2v) is 9.63. The first-order valence-corrected chi connectivity index (χ1v) is 11.4. The maximum absolute atomic E-state index is 12.9. The van der Waals surface area contributed by atoms with Gasteiger partial charge in [0.05, 0.1) is 16.1 Å². The highest BCUT2D eigenvalue weighted by molar-refractivity contribution is 7.89. The Bertz CT molecular complexity index is 1200. The van der Waals surface area contributed by atoms with Gasteiger partial charge in [-0.2, -0.15) is 17.5 Å². The molecule has 0 aliphatic carbocycles. The molecule has 0 atom stereocenters. The summed E-state index contributed by atoms with van der Waals surface area (Å²) in [5.74, 6) is 0. The standard InChI is InChI=1S/C21H19ClF3N3O2S/c22-18-13-17(21(23,24)25)6-7-19(18)31(29,30)28-11-9-27(10-12-28)14-16-4-1-3-15-5-2-8-26-20(15)16/h1-8,13H,9-12,14H2. The van der Waals surface area contributed by atoms with Gasteiger partial charge in [-0.15, -0.1) is 0 Å². The number of sulfonamides is 1. The van der Waals surface area contributed by atoms with Crippen molar-refractivity contribution in [1.82, 2.24) is 14.2 Å². The number of benzene rings is 2. The molecule has 31 heavy (non-hydrogen) atoms. The van der Waals surface area contributed by atoms with Gasteiger partial charge in [0, 0.05) is 44.3 Å². The van der Waals surface area contributed by atoms with Crippen LogP contribution in [0.5, 0.6) is 0 Å². The van der Waals surface area contributed by atoms with Gasteiger partial charge in [0.1, 0.15) is 4.90 Å². The van der Waals surface area contributed by atoms with Crippen LogP contribution in [-0.4, -0.2) is 48.8 Å². The molecule has 2 aromatic carbocycles. The second-order valence-electron chi connectivity index (χ2n) is 7.32. The first kappa shape index (κ1) is 22.0. The molecule has 0 N–H and O–H groups in total.